The van der Waals surface area contributed by atoms with Crippen molar-refractivity contribution in [2.45, 2.75) is 80.0 Å². The van der Waals surface area contributed by atoms with Gasteiger partial charge in [-0.15, -0.1) is 0 Å². The molecule has 1 heterocycles. The number of amides is 3. The van der Waals surface area contributed by atoms with Gasteiger partial charge in [-0.2, -0.15) is 0 Å². The van der Waals surface area contributed by atoms with Crippen LogP contribution in [0.25, 0.3) is 0 Å². The first-order valence-corrected chi connectivity index (χ1v) is 12.2. The molecule has 1 atom stereocenters. The fraction of sp³-hybridized carbons (Fsp3) is 0.654. The Morgan fingerprint density at radius 3 is 2.11 bits per heavy atom. The fourth-order valence-electron chi connectivity index (χ4n) is 3.69. The van der Waals surface area contributed by atoms with Gasteiger partial charge >= 0.3 is 12.0 Å². The van der Waals surface area contributed by atoms with Crippen LogP contribution in [0, 0.1) is 18.3 Å². The summed E-state index contributed by atoms with van der Waals surface area (Å²) in [6.45, 7) is 16.0. The smallest absolute Gasteiger partial charge is 0.318 e. The van der Waals surface area contributed by atoms with Crippen molar-refractivity contribution in [3.8, 4) is 0 Å². The van der Waals surface area contributed by atoms with Crippen LogP contribution in [0.4, 0.5) is 4.79 Å². The molecule has 1 aromatic rings. The Labute approximate surface area is 215 Å². The first kappa shape index (κ1) is 32.7. The van der Waals surface area contributed by atoms with E-state index in [1.54, 1.807) is 13.8 Å². The van der Waals surface area contributed by atoms with Gasteiger partial charge in [-0.05, 0) is 57.1 Å². The minimum Gasteiger partial charge on any atom is -0.440 e. The first-order valence-electron chi connectivity index (χ1n) is 11.9. The van der Waals surface area contributed by atoms with Gasteiger partial charge in [0, 0.05) is 32.1 Å². The highest BCUT2D eigenvalue weighted by Crippen LogP contribution is 2.29. The third kappa shape index (κ3) is 13.4. The van der Waals surface area contributed by atoms with Crippen molar-refractivity contribution in [2.24, 2.45) is 11.3 Å². The Hall–Kier alpha value is -2.32. The zero-order chi connectivity index (χ0) is 27.4. The molecule has 1 aliphatic rings. The van der Waals surface area contributed by atoms with Crippen molar-refractivity contribution in [3.63, 3.8) is 0 Å². The molecule has 1 unspecified atom stereocenters. The van der Waals surface area contributed by atoms with Crippen LogP contribution < -0.4 is 10.6 Å². The number of aryl methyl sites for hydroxylation is 1. The molecule has 1 saturated heterocycles. The van der Waals surface area contributed by atoms with Crippen molar-refractivity contribution >= 4 is 29.5 Å². The second-order valence-corrected chi connectivity index (χ2v) is 10.7. The number of aliphatic hydroxyl groups excluding tert-OH is 1. The number of ether oxygens (including phenoxy) is 1. The molecule has 8 nitrogen and oxygen atoms in total. The molecule has 0 aliphatic carbocycles. The maximum atomic E-state index is 12.9. The molecule has 200 valence electrons. The van der Waals surface area contributed by atoms with Gasteiger partial charge in [0.2, 0.25) is 5.91 Å². The van der Waals surface area contributed by atoms with Crippen molar-refractivity contribution in [3.05, 3.63) is 34.9 Å². The molecule has 0 aromatic heterocycles. The van der Waals surface area contributed by atoms with Gasteiger partial charge in [0.1, 0.15) is 6.04 Å². The first-order chi connectivity index (χ1) is 16.1. The summed E-state index contributed by atoms with van der Waals surface area (Å²) >= 11 is 5.61. The summed E-state index contributed by atoms with van der Waals surface area (Å²) < 4.78 is 5.05. The van der Waals surface area contributed by atoms with Crippen molar-refractivity contribution in [2.75, 3.05) is 20.2 Å². The lowest BCUT2D eigenvalue weighted by Crippen LogP contribution is -2.59. The number of carbonyl (C=O) groups is 3. The predicted molar refractivity (Wildman–Crippen MR) is 140 cm³/mol. The number of urea groups is 1. The van der Waals surface area contributed by atoms with E-state index in [0.29, 0.717) is 13.1 Å². The third-order valence-electron chi connectivity index (χ3n) is 5.26. The standard InChI is InChI=1S/C18H33N3O4.C7H7Cl.CH4O/c1-12(2)14(15(23)21-10-8-9-17(4,5)11-21)19-16(24)20-18(6,7)25-13(3)22;1-6-2-4-7(8)5-3-6;1-2/h12,14H,8-11H2,1-7H3,(H2,19,20,24);2-5H,1H3;2H,1H3. The second kappa shape index (κ2) is 14.9. The van der Waals surface area contributed by atoms with Crippen LogP contribution in [0.2, 0.25) is 5.02 Å². The number of esters is 1. The number of nitrogens with one attached hydrogen (secondary N) is 2. The number of nitrogens with zero attached hydrogens (tertiary/aromatic N) is 1. The van der Waals surface area contributed by atoms with Crippen LogP contribution in [0.3, 0.4) is 0 Å². The minimum atomic E-state index is -1.15. The van der Waals surface area contributed by atoms with E-state index in [4.69, 9.17) is 21.4 Å². The summed E-state index contributed by atoms with van der Waals surface area (Å²) in [5.74, 6) is -0.610. The second-order valence-electron chi connectivity index (χ2n) is 10.2. The van der Waals surface area contributed by atoms with Gasteiger partial charge in [-0.3, -0.25) is 9.59 Å². The van der Waals surface area contributed by atoms with E-state index in [1.165, 1.54) is 12.5 Å². The molecular formula is C26H44ClN3O5. The molecule has 1 aliphatic heterocycles. The zero-order valence-corrected chi connectivity index (χ0v) is 23.5. The molecule has 9 heteroatoms. The van der Waals surface area contributed by atoms with Gasteiger partial charge < -0.3 is 25.4 Å². The number of piperidine rings is 1. The normalized spacial score (nSPS) is 15.5. The maximum absolute atomic E-state index is 12.9. The molecule has 1 fully saturated rings. The van der Waals surface area contributed by atoms with Gasteiger partial charge in [-0.1, -0.05) is 57.0 Å². The van der Waals surface area contributed by atoms with Crippen LogP contribution in [0.15, 0.2) is 24.3 Å². The molecule has 35 heavy (non-hydrogen) atoms. The number of benzene rings is 1. The number of aliphatic hydroxyl groups is 1. The minimum absolute atomic E-state index is 0.0554. The Bertz CT molecular complexity index is 789. The van der Waals surface area contributed by atoms with Crippen molar-refractivity contribution in [1.82, 2.24) is 15.5 Å². The van der Waals surface area contributed by atoms with Gasteiger partial charge in [0.15, 0.2) is 5.72 Å². The number of hydrogen-bond donors (Lipinski definition) is 3. The Kier molecular flexibility index (Phi) is 13.9. The van der Waals surface area contributed by atoms with E-state index in [0.717, 1.165) is 25.0 Å². The van der Waals surface area contributed by atoms with E-state index in [9.17, 15) is 14.4 Å². The number of likely N-dealkylation sites (tertiary alicyclic amines) is 1. The van der Waals surface area contributed by atoms with E-state index in [-0.39, 0.29) is 17.2 Å². The maximum Gasteiger partial charge on any atom is 0.318 e. The number of carbonyl (C=O) groups excluding carboxylic acids is 3. The van der Waals surface area contributed by atoms with Crippen molar-refractivity contribution in [1.29, 1.82) is 0 Å². The van der Waals surface area contributed by atoms with Gasteiger partial charge in [0.05, 0.1) is 0 Å². The zero-order valence-electron chi connectivity index (χ0n) is 22.7. The Morgan fingerprint density at radius 2 is 1.69 bits per heavy atom. The van der Waals surface area contributed by atoms with Crippen LogP contribution in [-0.2, 0) is 14.3 Å². The highest BCUT2D eigenvalue weighted by molar-refractivity contribution is 6.30. The van der Waals surface area contributed by atoms with Crippen LogP contribution in [-0.4, -0.2) is 59.9 Å². The lowest BCUT2D eigenvalue weighted by atomic mass is 9.83. The summed E-state index contributed by atoms with van der Waals surface area (Å²) in [5, 5.41) is 13.1. The highest BCUT2D eigenvalue weighted by Gasteiger charge is 2.35. The number of halogens is 1. The number of rotatable bonds is 5. The van der Waals surface area contributed by atoms with E-state index in [1.807, 2.05) is 49.9 Å². The van der Waals surface area contributed by atoms with E-state index in [2.05, 4.69) is 24.5 Å². The summed E-state index contributed by atoms with van der Waals surface area (Å²) in [6, 6.07) is 6.59. The van der Waals surface area contributed by atoms with E-state index >= 15 is 0 Å². The van der Waals surface area contributed by atoms with Crippen LogP contribution in [0.5, 0.6) is 0 Å². The molecule has 3 N–H and O–H groups in total. The molecule has 0 bridgehead atoms. The lowest BCUT2D eigenvalue weighted by molar-refractivity contribution is -0.155. The van der Waals surface area contributed by atoms with Gasteiger partial charge in [0.25, 0.3) is 0 Å². The molecule has 1 aromatic carbocycles. The average molecular weight is 514 g/mol. The monoisotopic (exact) mass is 513 g/mol. The Morgan fingerprint density at radius 1 is 1.14 bits per heavy atom. The summed E-state index contributed by atoms with van der Waals surface area (Å²) in [6.07, 6.45) is 2.06. The third-order valence-corrected chi connectivity index (χ3v) is 5.51. The lowest BCUT2D eigenvalue weighted by Gasteiger charge is -2.40. The Balaban J connectivity index is 0.000000961. The number of hydrogen-bond acceptors (Lipinski definition) is 5. The summed E-state index contributed by atoms with van der Waals surface area (Å²) in [7, 11) is 1.00. The van der Waals surface area contributed by atoms with Crippen LogP contribution in [0.1, 0.15) is 66.9 Å². The molecule has 0 spiro atoms. The molecule has 0 radical (unpaired) electrons. The molecule has 0 saturated carbocycles. The average Bonchev–Trinajstić information content (AvgIpc) is 2.73. The highest BCUT2D eigenvalue weighted by atomic mass is 35.5. The molecule has 2 rings (SSSR count). The van der Waals surface area contributed by atoms with Gasteiger partial charge in [-0.25, -0.2) is 4.79 Å². The van der Waals surface area contributed by atoms with Crippen LogP contribution >= 0.6 is 11.6 Å². The molecule has 3 amide bonds. The largest absolute Gasteiger partial charge is 0.440 e. The summed E-state index contributed by atoms with van der Waals surface area (Å²) in [5.41, 5.74) is 0.192. The van der Waals surface area contributed by atoms with Crippen molar-refractivity contribution < 1.29 is 24.2 Å². The molecular weight excluding hydrogens is 470 g/mol. The van der Waals surface area contributed by atoms with E-state index < -0.39 is 23.8 Å². The quantitative estimate of drug-likeness (QED) is 0.396. The fourth-order valence-corrected chi connectivity index (χ4v) is 3.82. The summed E-state index contributed by atoms with van der Waals surface area (Å²) in [4.78, 5) is 38.1. The predicted octanol–water partition coefficient (Wildman–Crippen LogP) is 4.51. The SMILES string of the molecule is CC(=O)OC(C)(C)NC(=O)NC(C(=O)N1CCCC(C)(C)C1)C(C)C.CO.Cc1ccc(Cl)cc1. The topological polar surface area (TPSA) is 108 Å².